The second kappa shape index (κ2) is 11.1. The highest BCUT2D eigenvalue weighted by molar-refractivity contribution is 5.79. The zero-order valence-electron chi connectivity index (χ0n) is 19.5. The molecule has 3 aromatic rings. The predicted molar refractivity (Wildman–Crippen MR) is 128 cm³/mol. The summed E-state index contributed by atoms with van der Waals surface area (Å²) in [6, 6.07) is 18.2. The SMILES string of the molecule is COc1ccc(Cn2c(CCc3ccccc3)nnc2[C@@H](C)NC(=O)C2CCNCC2)cc1. The van der Waals surface area contributed by atoms with Crippen molar-refractivity contribution in [2.75, 3.05) is 20.2 Å². The lowest BCUT2D eigenvalue weighted by molar-refractivity contribution is -0.126. The van der Waals surface area contributed by atoms with Crippen LogP contribution < -0.4 is 15.4 Å². The Morgan fingerprint density at radius 3 is 2.48 bits per heavy atom. The Kier molecular flexibility index (Phi) is 7.73. The number of methoxy groups -OCH3 is 1. The van der Waals surface area contributed by atoms with Gasteiger partial charge in [-0.25, -0.2) is 0 Å². The molecule has 0 bridgehead atoms. The molecular weight excluding hydrogens is 414 g/mol. The number of amides is 1. The highest BCUT2D eigenvalue weighted by Gasteiger charge is 2.25. The molecule has 0 spiro atoms. The highest BCUT2D eigenvalue weighted by atomic mass is 16.5. The van der Waals surface area contributed by atoms with Gasteiger partial charge in [0.1, 0.15) is 11.6 Å². The summed E-state index contributed by atoms with van der Waals surface area (Å²) in [4.78, 5) is 12.8. The number of aryl methyl sites for hydroxylation is 2. The molecule has 4 rings (SSSR count). The smallest absolute Gasteiger partial charge is 0.223 e. The van der Waals surface area contributed by atoms with E-state index in [1.807, 2.05) is 25.1 Å². The molecular formula is C26H33N5O2. The van der Waals surface area contributed by atoms with Gasteiger partial charge in [0.25, 0.3) is 0 Å². The highest BCUT2D eigenvalue weighted by Crippen LogP contribution is 2.20. The summed E-state index contributed by atoms with van der Waals surface area (Å²) in [5.41, 5.74) is 2.40. The standard InChI is InChI=1S/C26H33N5O2/c1-19(28-26(32)22-14-16-27-17-15-22)25-30-29-24(13-10-20-6-4-3-5-7-20)31(25)18-21-8-11-23(33-2)12-9-21/h3-9,11-12,19,22,27H,10,13-18H2,1-2H3,(H,28,32)/t19-/m1/s1. The quantitative estimate of drug-likeness (QED) is 0.526. The summed E-state index contributed by atoms with van der Waals surface area (Å²) in [5, 5.41) is 15.5. The first kappa shape index (κ1) is 23.0. The van der Waals surface area contributed by atoms with Crippen molar-refractivity contribution in [2.24, 2.45) is 5.92 Å². The normalized spacial score (nSPS) is 15.2. The third-order valence-electron chi connectivity index (χ3n) is 6.29. The molecule has 174 valence electrons. The fraction of sp³-hybridized carbons (Fsp3) is 0.423. The molecule has 0 aliphatic carbocycles. The van der Waals surface area contributed by atoms with Crippen molar-refractivity contribution in [2.45, 2.75) is 45.2 Å². The Balaban J connectivity index is 1.53. The summed E-state index contributed by atoms with van der Waals surface area (Å²) in [7, 11) is 1.67. The second-order valence-electron chi connectivity index (χ2n) is 8.65. The molecule has 1 amide bonds. The molecule has 7 heteroatoms. The van der Waals surface area contributed by atoms with E-state index < -0.39 is 0 Å². The Bertz CT molecular complexity index is 1030. The maximum atomic E-state index is 12.8. The number of rotatable bonds is 9. The Labute approximate surface area is 195 Å². The van der Waals surface area contributed by atoms with Gasteiger partial charge in [-0.05, 0) is 62.5 Å². The lowest BCUT2D eigenvalue weighted by Crippen LogP contribution is -2.39. The van der Waals surface area contributed by atoms with E-state index in [0.29, 0.717) is 6.54 Å². The van der Waals surface area contributed by atoms with Gasteiger partial charge in [0.15, 0.2) is 5.82 Å². The van der Waals surface area contributed by atoms with Gasteiger partial charge in [-0.3, -0.25) is 4.79 Å². The molecule has 1 saturated heterocycles. The molecule has 0 radical (unpaired) electrons. The van der Waals surface area contributed by atoms with Crippen LogP contribution in [0.15, 0.2) is 54.6 Å². The number of aromatic nitrogens is 3. The van der Waals surface area contributed by atoms with Crippen molar-refractivity contribution < 1.29 is 9.53 Å². The molecule has 2 aromatic carbocycles. The third kappa shape index (κ3) is 5.99. The average Bonchev–Trinajstić information content (AvgIpc) is 3.26. The Morgan fingerprint density at radius 2 is 1.79 bits per heavy atom. The molecule has 1 aromatic heterocycles. The first-order valence-electron chi connectivity index (χ1n) is 11.7. The van der Waals surface area contributed by atoms with E-state index in [-0.39, 0.29) is 17.9 Å². The zero-order valence-corrected chi connectivity index (χ0v) is 19.5. The minimum absolute atomic E-state index is 0.0595. The predicted octanol–water partition coefficient (Wildman–Crippen LogP) is 3.30. The lowest BCUT2D eigenvalue weighted by Gasteiger charge is -2.24. The van der Waals surface area contributed by atoms with E-state index in [4.69, 9.17) is 4.74 Å². The minimum atomic E-state index is -0.219. The maximum Gasteiger partial charge on any atom is 0.223 e. The second-order valence-corrected chi connectivity index (χ2v) is 8.65. The number of carbonyl (C=O) groups excluding carboxylic acids is 1. The van der Waals surface area contributed by atoms with E-state index >= 15 is 0 Å². The summed E-state index contributed by atoms with van der Waals surface area (Å²) in [6.07, 6.45) is 3.42. The number of nitrogens with one attached hydrogen (secondary N) is 2. The average molecular weight is 448 g/mol. The zero-order chi connectivity index (χ0) is 23.0. The van der Waals surface area contributed by atoms with Crippen LogP contribution in [0.25, 0.3) is 0 Å². The topological polar surface area (TPSA) is 81.1 Å². The third-order valence-corrected chi connectivity index (χ3v) is 6.29. The number of nitrogens with zero attached hydrogens (tertiary/aromatic N) is 3. The lowest BCUT2D eigenvalue weighted by atomic mass is 9.97. The molecule has 1 aliphatic heterocycles. The van der Waals surface area contributed by atoms with Crippen LogP contribution in [0.4, 0.5) is 0 Å². The number of hydrogen-bond donors (Lipinski definition) is 2. The van der Waals surface area contributed by atoms with Crippen LogP contribution in [0.3, 0.4) is 0 Å². The number of carbonyl (C=O) groups is 1. The first-order chi connectivity index (χ1) is 16.1. The summed E-state index contributed by atoms with van der Waals surface area (Å²) in [5.74, 6) is 2.71. The van der Waals surface area contributed by atoms with Crippen molar-refractivity contribution >= 4 is 5.91 Å². The van der Waals surface area contributed by atoms with Crippen LogP contribution in [-0.4, -0.2) is 40.9 Å². The van der Waals surface area contributed by atoms with Gasteiger partial charge in [0, 0.05) is 12.3 Å². The van der Waals surface area contributed by atoms with E-state index in [2.05, 4.69) is 61.8 Å². The summed E-state index contributed by atoms with van der Waals surface area (Å²) < 4.78 is 7.45. The van der Waals surface area contributed by atoms with Crippen LogP contribution in [-0.2, 0) is 24.2 Å². The maximum absolute atomic E-state index is 12.8. The van der Waals surface area contributed by atoms with Crippen molar-refractivity contribution in [1.82, 2.24) is 25.4 Å². The molecule has 1 fully saturated rings. The van der Waals surface area contributed by atoms with Gasteiger partial charge in [-0.2, -0.15) is 0 Å². The molecule has 33 heavy (non-hydrogen) atoms. The van der Waals surface area contributed by atoms with Crippen molar-refractivity contribution in [3.05, 3.63) is 77.4 Å². The van der Waals surface area contributed by atoms with Gasteiger partial charge in [0.05, 0.1) is 19.7 Å². The van der Waals surface area contributed by atoms with Gasteiger partial charge >= 0.3 is 0 Å². The van der Waals surface area contributed by atoms with Crippen molar-refractivity contribution in [3.63, 3.8) is 0 Å². The van der Waals surface area contributed by atoms with E-state index in [9.17, 15) is 4.79 Å². The monoisotopic (exact) mass is 447 g/mol. The van der Waals surface area contributed by atoms with Gasteiger partial charge in [0.2, 0.25) is 5.91 Å². The summed E-state index contributed by atoms with van der Waals surface area (Å²) in [6.45, 7) is 4.42. The molecule has 2 heterocycles. The molecule has 2 N–H and O–H groups in total. The fourth-order valence-corrected chi connectivity index (χ4v) is 4.32. The van der Waals surface area contributed by atoms with Crippen LogP contribution in [0.1, 0.15) is 48.6 Å². The summed E-state index contributed by atoms with van der Waals surface area (Å²) >= 11 is 0. The Morgan fingerprint density at radius 1 is 1.06 bits per heavy atom. The molecule has 1 atom stereocenters. The fourth-order valence-electron chi connectivity index (χ4n) is 4.32. The van der Waals surface area contributed by atoms with E-state index in [0.717, 1.165) is 61.7 Å². The van der Waals surface area contributed by atoms with E-state index in [1.54, 1.807) is 7.11 Å². The van der Waals surface area contributed by atoms with Gasteiger partial charge < -0.3 is 19.9 Å². The van der Waals surface area contributed by atoms with E-state index in [1.165, 1.54) is 5.56 Å². The van der Waals surface area contributed by atoms with Crippen LogP contribution in [0.2, 0.25) is 0 Å². The van der Waals surface area contributed by atoms with Gasteiger partial charge in [-0.15, -0.1) is 10.2 Å². The number of benzene rings is 2. The number of ether oxygens (including phenoxy) is 1. The molecule has 7 nitrogen and oxygen atoms in total. The van der Waals surface area contributed by atoms with Crippen molar-refractivity contribution in [1.29, 1.82) is 0 Å². The largest absolute Gasteiger partial charge is 0.497 e. The number of piperidine rings is 1. The van der Waals surface area contributed by atoms with Gasteiger partial charge in [-0.1, -0.05) is 42.5 Å². The molecule has 0 saturated carbocycles. The minimum Gasteiger partial charge on any atom is -0.497 e. The molecule has 1 aliphatic rings. The van der Waals surface area contributed by atoms with Crippen molar-refractivity contribution in [3.8, 4) is 5.75 Å². The van der Waals surface area contributed by atoms with Crippen LogP contribution >= 0.6 is 0 Å². The van der Waals surface area contributed by atoms with Crippen LogP contribution in [0.5, 0.6) is 5.75 Å². The first-order valence-corrected chi connectivity index (χ1v) is 11.7. The number of hydrogen-bond acceptors (Lipinski definition) is 5. The van der Waals surface area contributed by atoms with Crippen LogP contribution in [0, 0.1) is 5.92 Å². The molecule has 0 unspecified atom stereocenters. The Hall–Kier alpha value is -3.19.